The summed E-state index contributed by atoms with van der Waals surface area (Å²) in [6.07, 6.45) is 3.81. The lowest BCUT2D eigenvalue weighted by Crippen LogP contribution is -2.34. The second-order valence-electron chi connectivity index (χ2n) is 5.01. The zero-order valence-corrected chi connectivity index (χ0v) is 9.28. The van der Waals surface area contributed by atoms with Crippen molar-refractivity contribution in [1.29, 1.82) is 0 Å². The van der Waals surface area contributed by atoms with E-state index in [0.717, 1.165) is 12.4 Å². The first-order valence-electron chi connectivity index (χ1n) is 5.07. The van der Waals surface area contributed by atoms with E-state index in [2.05, 4.69) is 42.6 Å². The smallest absolute Gasteiger partial charge is 0.134 e. The maximum atomic E-state index is 4.64. The Morgan fingerprint density at radius 3 is 2.79 bits per heavy atom. The second-order valence-corrected chi connectivity index (χ2v) is 5.01. The van der Waals surface area contributed by atoms with Gasteiger partial charge in [-0.3, -0.25) is 4.99 Å². The average Bonchev–Trinajstić information content (AvgIpc) is 2.41. The molecule has 0 saturated carbocycles. The van der Waals surface area contributed by atoms with Crippen LogP contribution in [-0.2, 0) is 0 Å². The number of rotatable bonds is 0. The molecule has 1 unspecified atom stereocenters. The van der Waals surface area contributed by atoms with E-state index in [0.29, 0.717) is 6.04 Å². The quantitative estimate of drug-likeness (QED) is 0.576. The van der Waals surface area contributed by atoms with Gasteiger partial charge in [-0.25, -0.2) is 4.99 Å². The van der Waals surface area contributed by atoms with Gasteiger partial charge in [-0.05, 0) is 12.3 Å². The Morgan fingerprint density at radius 1 is 1.43 bits per heavy atom. The van der Waals surface area contributed by atoms with Crippen molar-refractivity contribution in [3.05, 3.63) is 11.8 Å². The van der Waals surface area contributed by atoms with Gasteiger partial charge in [0.05, 0.1) is 12.4 Å². The fourth-order valence-electron chi connectivity index (χ4n) is 1.80. The van der Waals surface area contributed by atoms with Crippen LogP contribution in [0.25, 0.3) is 0 Å². The van der Waals surface area contributed by atoms with Crippen molar-refractivity contribution >= 4 is 12.2 Å². The summed E-state index contributed by atoms with van der Waals surface area (Å²) in [4.78, 5) is 11.0. The van der Waals surface area contributed by atoms with Crippen molar-refractivity contribution < 1.29 is 0 Å². The summed E-state index contributed by atoms with van der Waals surface area (Å²) >= 11 is 0. The molecule has 14 heavy (non-hydrogen) atoms. The number of nitrogens with zero attached hydrogens (tertiary/aromatic N) is 3. The van der Waals surface area contributed by atoms with E-state index in [1.54, 1.807) is 0 Å². The molecule has 2 heterocycles. The molecule has 2 aliphatic rings. The first kappa shape index (κ1) is 9.44. The van der Waals surface area contributed by atoms with Crippen molar-refractivity contribution in [3.8, 4) is 0 Å². The Bertz CT molecular complexity index is 331. The van der Waals surface area contributed by atoms with Crippen molar-refractivity contribution in [3.63, 3.8) is 0 Å². The maximum Gasteiger partial charge on any atom is 0.134 e. The molecule has 0 aromatic rings. The summed E-state index contributed by atoms with van der Waals surface area (Å²) in [6.45, 7) is 9.70. The largest absolute Gasteiger partial charge is 0.315 e. The van der Waals surface area contributed by atoms with Crippen LogP contribution in [0.15, 0.2) is 21.8 Å². The zero-order chi connectivity index (χ0) is 10.3. The molecule has 0 radical (unpaired) electrons. The predicted octanol–water partition coefficient (Wildman–Crippen LogP) is 2.06. The molecular formula is C11H17N3. The van der Waals surface area contributed by atoms with Crippen LogP contribution in [0.4, 0.5) is 0 Å². The lowest BCUT2D eigenvalue weighted by atomic mass is 9.85. The summed E-state index contributed by atoms with van der Waals surface area (Å²) in [5.41, 5.74) is 1.36. The highest BCUT2D eigenvalue weighted by atomic mass is 15.3. The first-order valence-corrected chi connectivity index (χ1v) is 5.07. The summed E-state index contributed by atoms with van der Waals surface area (Å²) < 4.78 is 0. The minimum atomic E-state index is 0.124. The normalized spacial score (nSPS) is 26.0. The van der Waals surface area contributed by atoms with Gasteiger partial charge in [0.15, 0.2) is 0 Å². The van der Waals surface area contributed by atoms with Gasteiger partial charge < -0.3 is 4.90 Å². The van der Waals surface area contributed by atoms with Crippen LogP contribution in [-0.4, -0.2) is 29.7 Å². The molecule has 76 valence electrons. The molecule has 0 bridgehead atoms. The highest BCUT2D eigenvalue weighted by Crippen LogP contribution is 2.31. The van der Waals surface area contributed by atoms with Crippen LogP contribution in [0.1, 0.15) is 27.7 Å². The summed E-state index contributed by atoms with van der Waals surface area (Å²) in [7, 11) is 0. The molecule has 0 amide bonds. The molecule has 0 fully saturated rings. The van der Waals surface area contributed by atoms with Gasteiger partial charge in [0.25, 0.3) is 0 Å². The number of hydrogen-bond donors (Lipinski definition) is 0. The van der Waals surface area contributed by atoms with E-state index in [9.17, 15) is 0 Å². The molecule has 3 heteroatoms. The third-order valence-corrected chi connectivity index (χ3v) is 2.53. The lowest BCUT2D eigenvalue weighted by molar-refractivity contribution is 0.508. The Morgan fingerprint density at radius 2 is 2.14 bits per heavy atom. The minimum absolute atomic E-state index is 0.124. The van der Waals surface area contributed by atoms with Crippen molar-refractivity contribution in [1.82, 2.24) is 4.90 Å². The van der Waals surface area contributed by atoms with Gasteiger partial charge in [-0.15, -0.1) is 0 Å². The third-order valence-electron chi connectivity index (χ3n) is 2.53. The van der Waals surface area contributed by atoms with E-state index in [-0.39, 0.29) is 5.41 Å². The number of fused-ring (bicyclic) bond motifs is 1. The summed E-state index contributed by atoms with van der Waals surface area (Å²) in [6, 6.07) is 0.389. The molecule has 2 aliphatic heterocycles. The number of amidine groups is 1. The van der Waals surface area contributed by atoms with E-state index in [1.807, 2.05) is 12.5 Å². The topological polar surface area (TPSA) is 28.0 Å². The van der Waals surface area contributed by atoms with Crippen LogP contribution >= 0.6 is 0 Å². The maximum absolute atomic E-state index is 4.64. The van der Waals surface area contributed by atoms with E-state index >= 15 is 0 Å². The fourth-order valence-corrected chi connectivity index (χ4v) is 1.80. The Hall–Kier alpha value is -1.12. The van der Waals surface area contributed by atoms with E-state index < -0.39 is 0 Å². The third kappa shape index (κ3) is 1.47. The van der Waals surface area contributed by atoms with Crippen LogP contribution in [0.2, 0.25) is 0 Å². The summed E-state index contributed by atoms with van der Waals surface area (Å²) in [5, 5.41) is 0. The first-order chi connectivity index (χ1) is 6.48. The molecule has 0 N–H and O–H groups in total. The summed E-state index contributed by atoms with van der Waals surface area (Å²) in [5.74, 6) is 1.11. The molecule has 0 aromatic heterocycles. The Labute approximate surface area is 85.2 Å². The van der Waals surface area contributed by atoms with Crippen LogP contribution in [0.3, 0.4) is 0 Å². The van der Waals surface area contributed by atoms with Gasteiger partial charge in [0.1, 0.15) is 5.84 Å². The van der Waals surface area contributed by atoms with Gasteiger partial charge in [-0.1, -0.05) is 20.8 Å². The molecule has 0 aliphatic carbocycles. The lowest BCUT2D eigenvalue weighted by Gasteiger charge is -2.28. The molecule has 1 atom stereocenters. The number of aliphatic imine (C=N–C) groups is 2. The van der Waals surface area contributed by atoms with Gasteiger partial charge in [0, 0.05) is 18.3 Å². The predicted molar refractivity (Wildman–Crippen MR) is 59.6 cm³/mol. The van der Waals surface area contributed by atoms with Crippen molar-refractivity contribution in [2.75, 3.05) is 6.54 Å². The fraction of sp³-hybridized carbons (Fsp3) is 0.636. The highest BCUT2D eigenvalue weighted by Gasteiger charge is 2.31. The zero-order valence-electron chi connectivity index (χ0n) is 9.28. The molecule has 3 nitrogen and oxygen atoms in total. The SMILES string of the molecule is CC1CN2C=NC=C(C(C)(C)C)C2=N1. The minimum Gasteiger partial charge on any atom is -0.315 e. The average molecular weight is 191 g/mol. The van der Waals surface area contributed by atoms with Crippen LogP contribution in [0.5, 0.6) is 0 Å². The second kappa shape index (κ2) is 2.94. The molecular weight excluding hydrogens is 174 g/mol. The Kier molecular flexibility index (Phi) is 1.98. The molecule has 2 rings (SSSR count). The van der Waals surface area contributed by atoms with E-state index in [4.69, 9.17) is 0 Å². The van der Waals surface area contributed by atoms with Crippen molar-refractivity contribution in [2.24, 2.45) is 15.4 Å². The molecule has 0 saturated heterocycles. The molecule has 0 spiro atoms. The van der Waals surface area contributed by atoms with E-state index in [1.165, 1.54) is 5.57 Å². The van der Waals surface area contributed by atoms with Crippen LogP contribution < -0.4 is 0 Å². The van der Waals surface area contributed by atoms with Gasteiger partial charge in [0.2, 0.25) is 0 Å². The van der Waals surface area contributed by atoms with Gasteiger partial charge >= 0.3 is 0 Å². The molecule has 0 aromatic carbocycles. The van der Waals surface area contributed by atoms with Crippen LogP contribution in [0, 0.1) is 5.41 Å². The highest BCUT2D eigenvalue weighted by molar-refractivity contribution is 6.07. The van der Waals surface area contributed by atoms with Crippen molar-refractivity contribution in [2.45, 2.75) is 33.7 Å². The standard InChI is InChI=1S/C11H17N3/c1-8-6-14-7-12-5-9(10(14)13-8)11(2,3)4/h5,7-8H,6H2,1-4H3. The van der Waals surface area contributed by atoms with Gasteiger partial charge in [-0.2, -0.15) is 0 Å². The number of hydrogen-bond acceptors (Lipinski definition) is 3. The monoisotopic (exact) mass is 191 g/mol. The Balaban J connectivity index is 2.38.